The molecule has 1 atom stereocenters. The van der Waals surface area contributed by atoms with E-state index in [9.17, 15) is 27.6 Å². The number of carbonyl (C=O) groups excluding carboxylic acids is 3. The zero-order chi connectivity index (χ0) is 39.7. The van der Waals surface area contributed by atoms with Crippen molar-refractivity contribution >= 4 is 17.9 Å². The number of rotatable bonds is 9. The van der Waals surface area contributed by atoms with E-state index in [1.807, 2.05) is 75.1 Å². The Hall–Kier alpha value is -5.25. The van der Waals surface area contributed by atoms with E-state index in [1.54, 1.807) is 15.8 Å². The molecule has 2 saturated heterocycles. The minimum atomic E-state index is -4.53. The van der Waals surface area contributed by atoms with Gasteiger partial charge in [0.2, 0.25) is 5.91 Å². The fraction of sp³-hybridized carbons (Fsp3) is 0.487. The van der Waals surface area contributed by atoms with E-state index in [-0.39, 0.29) is 36.0 Å². The Morgan fingerprint density at radius 2 is 1.65 bits per heavy atom. The van der Waals surface area contributed by atoms with Crippen LogP contribution in [0.5, 0.6) is 0 Å². The van der Waals surface area contributed by atoms with Crippen LogP contribution in [-0.4, -0.2) is 108 Å². The lowest BCUT2D eigenvalue weighted by molar-refractivity contribution is -0.182. The molecule has 6 rings (SSSR count). The highest BCUT2D eigenvalue weighted by Gasteiger charge is 2.51. The van der Waals surface area contributed by atoms with E-state index >= 15 is 0 Å². The average molecular weight is 764 g/mol. The highest BCUT2D eigenvalue weighted by molar-refractivity contribution is 5.93. The van der Waals surface area contributed by atoms with Crippen LogP contribution < -0.4 is 5.32 Å². The number of H-pyrrole nitrogens is 1. The maximum Gasteiger partial charge on any atom is 0.410 e. The molecule has 2 fully saturated rings. The van der Waals surface area contributed by atoms with Crippen molar-refractivity contribution in [1.82, 2.24) is 45.0 Å². The van der Waals surface area contributed by atoms with Gasteiger partial charge in [-0.25, -0.2) is 14.5 Å². The smallest absolute Gasteiger partial charge is 0.410 e. The number of alkyl halides is 3. The minimum Gasteiger partial charge on any atom is -0.444 e. The van der Waals surface area contributed by atoms with Gasteiger partial charge in [-0.15, -0.1) is 0 Å². The van der Waals surface area contributed by atoms with Crippen LogP contribution in [0.25, 0.3) is 16.8 Å². The number of hydrogen-bond donors (Lipinski definition) is 2. The second kappa shape index (κ2) is 15.5. The number of aromatic amines is 1. The molecule has 0 bridgehead atoms. The molecule has 2 aliphatic rings. The van der Waals surface area contributed by atoms with Crippen molar-refractivity contribution < 1.29 is 32.3 Å². The number of nitrogens with zero attached hydrogens (tertiary/aromatic N) is 7. The first-order valence-corrected chi connectivity index (χ1v) is 18.4. The third-order valence-corrected chi connectivity index (χ3v) is 10.1. The second-order valence-corrected chi connectivity index (χ2v) is 15.7. The number of piperidine rings is 1. The first kappa shape index (κ1) is 39.4. The van der Waals surface area contributed by atoms with E-state index in [0.29, 0.717) is 32.6 Å². The second-order valence-electron chi connectivity index (χ2n) is 15.7. The Morgan fingerprint density at radius 1 is 0.964 bits per heavy atom. The van der Waals surface area contributed by atoms with Crippen molar-refractivity contribution in [3.8, 4) is 16.8 Å². The molecule has 0 radical (unpaired) electrons. The van der Waals surface area contributed by atoms with E-state index in [1.165, 1.54) is 6.20 Å². The van der Waals surface area contributed by atoms with Crippen LogP contribution in [-0.2, 0) is 28.0 Å². The third kappa shape index (κ3) is 9.18. The van der Waals surface area contributed by atoms with Crippen LogP contribution in [0, 0.1) is 6.92 Å². The Kier molecular flexibility index (Phi) is 11.1. The molecule has 0 aliphatic carbocycles. The van der Waals surface area contributed by atoms with Gasteiger partial charge in [-0.05, 0) is 82.3 Å². The molecule has 4 aromatic rings. The lowest BCUT2D eigenvalue weighted by Crippen LogP contribution is -2.55. The van der Waals surface area contributed by atoms with Crippen molar-refractivity contribution in [2.24, 2.45) is 0 Å². The zero-order valence-corrected chi connectivity index (χ0v) is 32.0. The standard InChI is InChI=1S/C39H48F3N9O4/c1-25-19-28(11-12-31(25)51-24-29(21-44-51)34(53)43-22-32-45-35(47-46-32)38(5,6)39(40,41)42)27-9-7-26(8-10-27)23-50-14-13-30(20-33(50)52)48-15-17-49(18-16-48)36(54)55-37(2,3)4/h7-12,19,21,24,30H,13-18,20,22-23H2,1-6H3,(H,43,53)(H,45,46,47). The SMILES string of the molecule is Cc1cc(-c2ccc(CN3CCC(N4CCN(C(=O)OC(C)(C)C)CC4)CC3=O)cc2)ccc1-n1cc(C(=O)NCc2nc(C(C)(C)C(F)(F)F)n[nH]2)cn1. The Balaban J connectivity index is 0.990. The summed E-state index contributed by atoms with van der Waals surface area (Å²) in [6.45, 7) is 13.3. The number of hydrogen-bond acceptors (Lipinski definition) is 8. The molecule has 4 heterocycles. The van der Waals surface area contributed by atoms with Gasteiger partial charge in [-0.1, -0.05) is 30.3 Å². The molecule has 2 aliphatic heterocycles. The van der Waals surface area contributed by atoms with E-state index in [4.69, 9.17) is 4.74 Å². The molecule has 2 N–H and O–H groups in total. The predicted octanol–water partition coefficient (Wildman–Crippen LogP) is 5.78. The van der Waals surface area contributed by atoms with E-state index in [0.717, 1.165) is 61.3 Å². The highest BCUT2D eigenvalue weighted by Crippen LogP contribution is 2.38. The molecule has 55 heavy (non-hydrogen) atoms. The van der Waals surface area contributed by atoms with Crippen molar-refractivity contribution in [2.75, 3.05) is 32.7 Å². The first-order chi connectivity index (χ1) is 25.9. The fourth-order valence-electron chi connectivity index (χ4n) is 6.67. The molecule has 2 aromatic heterocycles. The van der Waals surface area contributed by atoms with Gasteiger partial charge in [0, 0.05) is 57.9 Å². The van der Waals surface area contributed by atoms with Gasteiger partial charge in [0.15, 0.2) is 5.82 Å². The molecular formula is C39H48F3N9O4. The van der Waals surface area contributed by atoms with Gasteiger partial charge in [0.05, 0.1) is 24.0 Å². The molecule has 294 valence electrons. The van der Waals surface area contributed by atoms with E-state index in [2.05, 4.69) is 30.5 Å². The molecule has 1 unspecified atom stereocenters. The molecule has 13 nitrogen and oxygen atoms in total. The van der Waals surface area contributed by atoms with Crippen molar-refractivity contribution in [3.63, 3.8) is 0 Å². The summed E-state index contributed by atoms with van der Waals surface area (Å²) in [5, 5.41) is 13.2. The molecule has 0 saturated carbocycles. The summed E-state index contributed by atoms with van der Waals surface area (Å²) in [5.74, 6) is -0.626. The minimum absolute atomic E-state index is 0.103. The van der Waals surface area contributed by atoms with Crippen LogP contribution in [0.4, 0.5) is 18.0 Å². The molecule has 2 aromatic carbocycles. The van der Waals surface area contributed by atoms with Gasteiger partial charge >= 0.3 is 12.3 Å². The van der Waals surface area contributed by atoms with Gasteiger partial charge in [0.1, 0.15) is 16.8 Å². The van der Waals surface area contributed by atoms with Crippen LogP contribution in [0.3, 0.4) is 0 Å². The number of ether oxygens (including phenoxy) is 1. The Labute approximate surface area is 318 Å². The first-order valence-electron chi connectivity index (χ1n) is 18.4. The summed E-state index contributed by atoms with van der Waals surface area (Å²) in [5.41, 5.74) is 2.28. The third-order valence-electron chi connectivity index (χ3n) is 10.1. The quantitative estimate of drug-likeness (QED) is 0.219. The number of piperazine rings is 1. The lowest BCUT2D eigenvalue weighted by atomic mass is 9.92. The highest BCUT2D eigenvalue weighted by atomic mass is 19.4. The summed E-state index contributed by atoms with van der Waals surface area (Å²) >= 11 is 0. The summed E-state index contributed by atoms with van der Waals surface area (Å²) in [7, 11) is 0. The maximum absolute atomic E-state index is 13.3. The molecule has 3 amide bonds. The number of amides is 3. The van der Waals surface area contributed by atoms with Gasteiger partial charge in [0.25, 0.3) is 5.91 Å². The average Bonchev–Trinajstić information content (AvgIpc) is 3.82. The van der Waals surface area contributed by atoms with Gasteiger partial charge in [-0.2, -0.15) is 23.4 Å². The summed E-state index contributed by atoms with van der Waals surface area (Å²) < 4.78 is 47.1. The van der Waals surface area contributed by atoms with Gasteiger partial charge < -0.3 is 19.9 Å². The largest absolute Gasteiger partial charge is 0.444 e. The van der Waals surface area contributed by atoms with Crippen LogP contribution in [0.15, 0.2) is 54.9 Å². The number of likely N-dealkylation sites (tertiary alicyclic amines) is 1. The number of benzene rings is 2. The molecule has 16 heteroatoms. The van der Waals surface area contributed by atoms with E-state index < -0.39 is 28.9 Å². The van der Waals surface area contributed by atoms with Crippen molar-refractivity contribution in [3.05, 3.63) is 83.2 Å². The summed E-state index contributed by atoms with van der Waals surface area (Å²) in [6, 6.07) is 14.3. The number of halogens is 3. The van der Waals surface area contributed by atoms with Crippen molar-refractivity contribution in [1.29, 1.82) is 0 Å². The zero-order valence-electron chi connectivity index (χ0n) is 32.0. The summed E-state index contributed by atoms with van der Waals surface area (Å²) in [6.07, 6.45) is -0.454. The number of carbonyl (C=O) groups is 3. The number of nitrogens with one attached hydrogen (secondary N) is 2. The molecule has 0 spiro atoms. The number of aromatic nitrogens is 5. The topological polar surface area (TPSA) is 142 Å². The van der Waals surface area contributed by atoms with Crippen LogP contribution >= 0.6 is 0 Å². The lowest BCUT2D eigenvalue weighted by Gasteiger charge is -2.42. The van der Waals surface area contributed by atoms with Crippen molar-refractivity contribution in [2.45, 2.75) is 90.7 Å². The van der Waals surface area contributed by atoms with Crippen LogP contribution in [0.1, 0.15) is 80.6 Å². The van der Waals surface area contributed by atoms with Gasteiger partial charge in [-0.3, -0.25) is 19.6 Å². The van der Waals surface area contributed by atoms with Crippen LogP contribution in [0.2, 0.25) is 0 Å². The Morgan fingerprint density at radius 3 is 2.29 bits per heavy atom. The molecular weight excluding hydrogens is 715 g/mol. The summed E-state index contributed by atoms with van der Waals surface area (Å²) in [4.78, 5) is 48.4. The maximum atomic E-state index is 13.3. The predicted molar refractivity (Wildman–Crippen MR) is 198 cm³/mol. The monoisotopic (exact) mass is 763 g/mol. The fourth-order valence-corrected chi connectivity index (χ4v) is 6.67. The Bertz CT molecular complexity index is 2010. The number of aryl methyl sites for hydroxylation is 1. The normalized spacial score (nSPS) is 17.4.